The molecule has 0 unspecified atom stereocenters. The molecule has 3 aromatic heterocycles. The van der Waals surface area contributed by atoms with E-state index in [4.69, 9.17) is 9.97 Å². The molecule has 4 heterocycles. The highest BCUT2D eigenvalue weighted by atomic mass is 16.2. The Bertz CT molecular complexity index is 1220. The van der Waals surface area contributed by atoms with Gasteiger partial charge in [-0.3, -0.25) is 14.8 Å². The summed E-state index contributed by atoms with van der Waals surface area (Å²) in [6.45, 7) is 0.655. The SMILES string of the molecule is O=C(c1ccccn1)N1CCCC[C@@H]1c1nc(Nc2ccccc2)cc(-c2cccnc2)n1. The van der Waals surface area contributed by atoms with Gasteiger partial charge in [-0.2, -0.15) is 0 Å². The largest absolute Gasteiger partial charge is 0.340 e. The molecule has 164 valence electrons. The first-order chi connectivity index (χ1) is 16.3. The number of pyridine rings is 2. The van der Waals surface area contributed by atoms with Gasteiger partial charge < -0.3 is 10.2 Å². The number of hydrogen-bond acceptors (Lipinski definition) is 6. The van der Waals surface area contributed by atoms with Crippen molar-refractivity contribution in [2.24, 2.45) is 0 Å². The third kappa shape index (κ3) is 4.72. The number of rotatable bonds is 5. The van der Waals surface area contributed by atoms with Crippen LogP contribution in [0.2, 0.25) is 0 Å². The van der Waals surface area contributed by atoms with Crippen LogP contribution in [0.4, 0.5) is 11.5 Å². The van der Waals surface area contributed by atoms with Crippen LogP contribution in [0.5, 0.6) is 0 Å². The summed E-state index contributed by atoms with van der Waals surface area (Å²) in [5.74, 6) is 1.22. The van der Waals surface area contributed by atoms with E-state index in [2.05, 4.69) is 15.3 Å². The van der Waals surface area contributed by atoms with Crippen LogP contribution < -0.4 is 5.32 Å². The Labute approximate surface area is 192 Å². The van der Waals surface area contributed by atoms with Gasteiger partial charge in [-0.15, -0.1) is 0 Å². The van der Waals surface area contributed by atoms with Crippen LogP contribution in [0.3, 0.4) is 0 Å². The molecule has 1 N–H and O–H groups in total. The summed E-state index contributed by atoms with van der Waals surface area (Å²) in [6, 6.07) is 20.9. The van der Waals surface area contributed by atoms with E-state index >= 15 is 0 Å². The Balaban J connectivity index is 1.55. The zero-order valence-electron chi connectivity index (χ0n) is 18.1. The van der Waals surface area contributed by atoms with Crippen molar-refractivity contribution in [3.05, 3.63) is 96.8 Å². The molecule has 1 saturated heterocycles. The highest BCUT2D eigenvalue weighted by molar-refractivity contribution is 5.92. The molecule has 0 saturated carbocycles. The molecule has 1 amide bonds. The topological polar surface area (TPSA) is 83.9 Å². The molecular formula is C26H24N6O. The van der Waals surface area contributed by atoms with Gasteiger partial charge in [-0.25, -0.2) is 9.97 Å². The molecule has 7 nitrogen and oxygen atoms in total. The Morgan fingerprint density at radius 1 is 0.939 bits per heavy atom. The molecule has 1 aliphatic heterocycles. The number of anilines is 2. The van der Waals surface area contributed by atoms with Gasteiger partial charge in [0.25, 0.3) is 5.91 Å². The van der Waals surface area contributed by atoms with Crippen molar-refractivity contribution in [3.8, 4) is 11.3 Å². The molecule has 0 spiro atoms. The van der Waals surface area contributed by atoms with Gasteiger partial charge in [0, 0.05) is 42.5 Å². The van der Waals surface area contributed by atoms with E-state index in [0.29, 0.717) is 23.9 Å². The summed E-state index contributed by atoms with van der Waals surface area (Å²) in [6.07, 6.45) is 7.94. The number of amides is 1. The summed E-state index contributed by atoms with van der Waals surface area (Å²) in [5.41, 5.74) is 3.04. The van der Waals surface area contributed by atoms with Crippen molar-refractivity contribution < 1.29 is 4.79 Å². The molecule has 1 fully saturated rings. The minimum Gasteiger partial charge on any atom is -0.340 e. The lowest BCUT2D eigenvalue weighted by atomic mass is 10.0. The van der Waals surface area contributed by atoms with Crippen LogP contribution in [-0.4, -0.2) is 37.3 Å². The average molecular weight is 437 g/mol. The minimum atomic E-state index is -0.221. The van der Waals surface area contributed by atoms with Gasteiger partial charge in [-0.05, 0) is 55.7 Å². The van der Waals surface area contributed by atoms with Gasteiger partial charge in [0.05, 0.1) is 11.7 Å². The van der Waals surface area contributed by atoms with E-state index in [0.717, 1.165) is 36.2 Å². The first-order valence-corrected chi connectivity index (χ1v) is 11.1. The van der Waals surface area contributed by atoms with E-state index in [-0.39, 0.29) is 11.9 Å². The highest BCUT2D eigenvalue weighted by Gasteiger charge is 2.31. The lowest BCUT2D eigenvalue weighted by Gasteiger charge is -2.34. The molecule has 33 heavy (non-hydrogen) atoms. The van der Waals surface area contributed by atoms with E-state index in [1.807, 2.05) is 65.6 Å². The number of nitrogens with zero attached hydrogens (tertiary/aromatic N) is 5. The molecule has 0 radical (unpaired) electrons. The van der Waals surface area contributed by atoms with Crippen LogP contribution in [-0.2, 0) is 0 Å². The summed E-state index contributed by atoms with van der Waals surface area (Å²) in [5, 5.41) is 3.38. The highest BCUT2D eigenvalue weighted by Crippen LogP contribution is 2.32. The second kappa shape index (κ2) is 9.56. The molecule has 0 bridgehead atoms. The Kier molecular flexibility index (Phi) is 6.01. The smallest absolute Gasteiger partial charge is 0.273 e. The monoisotopic (exact) mass is 436 g/mol. The van der Waals surface area contributed by atoms with Gasteiger partial charge >= 0.3 is 0 Å². The van der Waals surface area contributed by atoms with Gasteiger partial charge in [0.15, 0.2) is 5.82 Å². The fourth-order valence-electron chi connectivity index (χ4n) is 4.09. The number of nitrogens with one attached hydrogen (secondary N) is 1. The second-order valence-corrected chi connectivity index (χ2v) is 7.95. The number of carbonyl (C=O) groups is 1. The minimum absolute atomic E-state index is 0.0896. The molecule has 1 atom stereocenters. The molecule has 1 aliphatic rings. The predicted octanol–water partition coefficient (Wildman–Crippen LogP) is 5.04. The Morgan fingerprint density at radius 3 is 2.61 bits per heavy atom. The van der Waals surface area contributed by atoms with Crippen molar-refractivity contribution in [2.75, 3.05) is 11.9 Å². The maximum atomic E-state index is 13.3. The third-order valence-corrected chi connectivity index (χ3v) is 5.69. The average Bonchev–Trinajstić information content (AvgIpc) is 2.90. The zero-order valence-corrected chi connectivity index (χ0v) is 18.1. The predicted molar refractivity (Wildman–Crippen MR) is 127 cm³/mol. The molecule has 0 aliphatic carbocycles. The summed E-state index contributed by atoms with van der Waals surface area (Å²) < 4.78 is 0. The summed E-state index contributed by atoms with van der Waals surface area (Å²) in [4.78, 5) is 33.4. The second-order valence-electron chi connectivity index (χ2n) is 7.95. The quantitative estimate of drug-likeness (QED) is 0.472. The first-order valence-electron chi connectivity index (χ1n) is 11.1. The van der Waals surface area contributed by atoms with Crippen LogP contribution in [0.25, 0.3) is 11.3 Å². The molecule has 4 aromatic rings. The lowest BCUT2D eigenvalue weighted by molar-refractivity contribution is 0.0594. The lowest BCUT2D eigenvalue weighted by Crippen LogP contribution is -2.39. The van der Waals surface area contributed by atoms with Crippen LogP contribution in [0.15, 0.2) is 85.3 Å². The number of benzene rings is 1. The van der Waals surface area contributed by atoms with Crippen molar-refractivity contribution in [2.45, 2.75) is 25.3 Å². The number of likely N-dealkylation sites (tertiary alicyclic amines) is 1. The van der Waals surface area contributed by atoms with E-state index < -0.39 is 0 Å². The van der Waals surface area contributed by atoms with Crippen molar-refractivity contribution >= 4 is 17.4 Å². The van der Waals surface area contributed by atoms with E-state index in [1.165, 1.54) is 0 Å². The first kappa shape index (κ1) is 20.8. The summed E-state index contributed by atoms with van der Waals surface area (Å²) >= 11 is 0. The van der Waals surface area contributed by atoms with E-state index in [1.54, 1.807) is 24.7 Å². The van der Waals surface area contributed by atoms with Crippen LogP contribution >= 0.6 is 0 Å². The van der Waals surface area contributed by atoms with Crippen molar-refractivity contribution in [1.29, 1.82) is 0 Å². The van der Waals surface area contributed by atoms with Gasteiger partial charge in [0.2, 0.25) is 0 Å². The zero-order chi connectivity index (χ0) is 22.5. The maximum Gasteiger partial charge on any atom is 0.273 e. The molecule has 7 heteroatoms. The third-order valence-electron chi connectivity index (χ3n) is 5.69. The van der Waals surface area contributed by atoms with Gasteiger partial charge in [-0.1, -0.05) is 24.3 Å². The van der Waals surface area contributed by atoms with Crippen molar-refractivity contribution in [1.82, 2.24) is 24.8 Å². The normalized spacial score (nSPS) is 15.8. The van der Waals surface area contributed by atoms with Crippen LogP contribution in [0.1, 0.15) is 41.6 Å². The Hall–Kier alpha value is -4.13. The Morgan fingerprint density at radius 2 is 1.82 bits per heavy atom. The standard InChI is InChI=1S/C26H24N6O/c33-26(21-12-4-6-15-28-21)32-16-7-5-13-23(32)25-30-22(19-9-8-14-27-18-19)17-24(31-25)29-20-10-2-1-3-11-20/h1-4,6,8-12,14-15,17-18,23H,5,7,13,16H2,(H,29,30,31)/t23-/m1/s1. The number of aromatic nitrogens is 4. The fourth-order valence-corrected chi connectivity index (χ4v) is 4.09. The number of para-hydroxylation sites is 1. The number of carbonyl (C=O) groups excluding carboxylic acids is 1. The molecule has 1 aromatic carbocycles. The fraction of sp³-hybridized carbons (Fsp3) is 0.192. The number of hydrogen-bond donors (Lipinski definition) is 1. The van der Waals surface area contributed by atoms with Gasteiger partial charge in [0.1, 0.15) is 11.5 Å². The molecule has 5 rings (SSSR count). The van der Waals surface area contributed by atoms with E-state index in [9.17, 15) is 4.79 Å². The maximum absolute atomic E-state index is 13.3. The van der Waals surface area contributed by atoms with Crippen molar-refractivity contribution in [3.63, 3.8) is 0 Å². The van der Waals surface area contributed by atoms with Crippen LogP contribution in [0, 0.1) is 0 Å². The molecular weight excluding hydrogens is 412 g/mol. The number of piperidine rings is 1. The summed E-state index contributed by atoms with van der Waals surface area (Å²) in [7, 11) is 0.